The van der Waals surface area contributed by atoms with Gasteiger partial charge in [0.05, 0.1) is 23.7 Å². The van der Waals surface area contributed by atoms with Crippen LogP contribution in [-0.2, 0) is 15.0 Å². The average molecular weight is 470 g/mol. The summed E-state index contributed by atoms with van der Waals surface area (Å²) in [5.74, 6) is 0.856. The Morgan fingerprint density at radius 3 is 2.38 bits per heavy atom. The molecule has 2 fully saturated rings. The minimum absolute atomic E-state index is 0.0943. The molecule has 182 valence electrons. The van der Waals surface area contributed by atoms with Gasteiger partial charge >= 0.3 is 11.8 Å². The molecule has 2 aliphatic rings. The highest BCUT2D eigenvalue weighted by atomic mass is 16.6. The zero-order valence-electron chi connectivity index (χ0n) is 19.8. The van der Waals surface area contributed by atoms with E-state index in [1.165, 1.54) is 6.07 Å². The SMILES string of the molecule is CC(C)(C)OC(=O)NC1(c2ccc(Nc3nc(N4CCOCC4)ccc3[N+](=O)[O-])cc2)CCC1. The van der Waals surface area contributed by atoms with Crippen LogP contribution in [0.2, 0.25) is 0 Å². The van der Waals surface area contributed by atoms with Crippen molar-refractivity contribution in [2.75, 3.05) is 36.5 Å². The summed E-state index contributed by atoms with van der Waals surface area (Å²) in [6.45, 7) is 8.08. The van der Waals surface area contributed by atoms with Gasteiger partial charge in [-0.25, -0.2) is 9.78 Å². The molecule has 0 radical (unpaired) electrons. The van der Waals surface area contributed by atoms with Gasteiger partial charge in [-0.05, 0) is 63.8 Å². The van der Waals surface area contributed by atoms with Gasteiger partial charge in [-0.3, -0.25) is 10.1 Å². The van der Waals surface area contributed by atoms with E-state index >= 15 is 0 Å². The van der Waals surface area contributed by atoms with Gasteiger partial charge < -0.3 is 25.0 Å². The average Bonchev–Trinajstić information content (AvgIpc) is 2.76. The molecule has 0 unspecified atom stereocenters. The predicted octanol–water partition coefficient (Wildman–Crippen LogP) is 4.47. The van der Waals surface area contributed by atoms with Crippen molar-refractivity contribution in [3.63, 3.8) is 0 Å². The third kappa shape index (κ3) is 5.39. The van der Waals surface area contributed by atoms with E-state index in [2.05, 4.69) is 15.6 Å². The summed E-state index contributed by atoms with van der Waals surface area (Å²) in [6.07, 6.45) is 2.23. The van der Waals surface area contributed by atoms with Gasteiger partial charge in [0.25, 0.3) is 0 Å². The van der Waals surface area contributed by atoms with E-state index in [-0.39, 0.29) is 11.5 Å². The predicted molar refractivity (Wildman–Crippen MR) is 129 cm³/mol. The van der Waals surface area contributed by atoms with Crippen LogP contribution in [0.5, 0.6) is 0 Å². The van der Waals surface area contributed by atoms with Gasteiger partial charge in [-0.15, -0.1) is 0 Å². The first-order chi connectivity index (χ1) is 16.2. The molecular formula is C24H31N5O5. The molecule has 0 spiro atoms. The van der Waals surface area contributed by atoms with Gasteiger partial charge in [-0.2, -0.15) is 0 Å². The fourth-order valence-electron chi connectivity index (χ4n) is 4.17. The van der Waals surface area contributed by atoms with E-state index in [4.69, 9.17) is 9.47 Å². The highest BCUT2D eigenvalue weighted by Crippen LogP contribution is 2.42. The Labute approximate surface area is 198 Å². The number of benzene rings is 1. The molecule has 10 heteroatoms. The first-order valence-electron chi connectivity index (χ1n) is 11.5. The number of rotatable bonds is 6. The van der Waals surface area contributed by atoms with E-state index in [0.29, 0.717) is 37.8 Å². The Morgan fingerprint density at radius 2 is 1.82 bits per heavy atom. The lowest BCUT2D eigenvalue weighted by atomic mass is 9.72. The molecule has 1 aromatic carbocycles. The van der Waals surface area contributed by atoms with E-state index in [1.54, 1.807) is 6.07 Å². The smallest absolute Gasteiger partial charge is 0.408 e. The summed E-state index contributed by atoms with van der Waals surface area (Å²) in [5, 5.41) is 17.7. The van der Waals surface area contributed by atoms with Crippen LogP contribution in [0.15, 0.2) is 36.4 Å². The number of ether oxygens (including phenoxy) is 2. The van der Waals surface area contributed by atoms with Crippen LogP contribution >= 0.6 is 0 Å². The van der Waals surface area contributed by atoms with Crippen molar-refractivity contribution in [1.29, 1.82) is 0 Å². The first-order valence-corrected chi connectivity index (χ1v) is 11.5. The Bertz CT molecular complexity index is 1040. The van der Waals surface area contributed by atoms with Crippen LogP contribution in [0.1, 0.15) is 45.6 Å². The minimum atomic E-state index is -0.569. The normalized spacial score (nSPS) is 17.4. The topological polar surface area (TPSA) is 119 Å². The van der Waals surface area contributed by atoms with Crippen LogP contribution in [0.3, 0.4) is 0 Å². The van der Waals surface area contributed by atoms with Crippen molar-refractivity contribution >= 4 is 29.1 Å². The number of alkyl carbamates (subject to hydrolysis) is 1. The number of nitro groups is 1. The number of hydrogen-bond donors (Lipinski definition) is 2. The Morgan fingerprint density at radius 1 is 1.15 bits per heavy atom. The van der Waals surface area contributed by atoms with Crippen LogP contribution < -0.4 is 15.5 Å². The second kappa shape index (κ2) is 9.46. The van der Waals surface area contributed by atoms with Gasteiger partial charge in [0, 0.05) is 24.8 Å². The summed E-state index contributed by atoms with van der Waals surface area (Å²) >= 11 is 0. The molecule has 1 aliphatic heterocycles. The molecule has 1 aliphatic carbocycles. The summed E-state index contributed by atoms with van der Waals surface area (Å²) in [5.41, 5.74) is 0.523. The van der Waals surface area contributed by atoms with Crippen molar-refractivity contribution in [1.82, 2.24) is 10.3 Å². The van der Waals surface area contributed by atoms with Crippen molar-refractivity contribution in [2.45, 2.75) is 51.2 Å². The van der Waals surface area contributed by atoms with Gasteiger partial charge in [-0.1, -0.05) is 12.1 Å². The molecular weight excluding hydrogens is 438 g/mol. The van der Waals surface area contributed by atoms with E-state index in [9.17, 15) is 14.9 Å². The Hall–Kier alpha value is -3.40. The van der Waals surface area contributed by atoms with E-state index in [1.807, 2.05) is 49.9 Å². The molecule has 1 saturated carbocycles. The van der Waals surface area contributed by atoms with Crippen molar-refractivity contribution in [3.05, 3.63) is 52.1 Å². The molecule has 4 rings (SSSR count). The maximum Gasteiger partial charge on any atom is 0.408 e. The van der Waals surface area contributed by atoms with Crippen LogP contribution in [0.25, 0.3) is 0 Å². The third-order valence-electron chi connectivity index (χ3n) is 6.04. The Kier molecular flexibility index (Phi) is 6.60. The highest BCUT2D eigenvalue weighted by Gasteiger charge is 2.41. The zero-order valence-corrected chi connectivity index (χ0v) is 19.8. The molecule has 10 nitrogen and oxygen atoms in total. The number of anilines is 3. The van der Waals surface area contributed by atoms with E-state index < -0.39 is 22.2 Å². The largest absolute Gasteiger partial charge is 0.444 e. The molecule has 2 aromatic rings. The quantitative estimate of drug-likeness (QED) is 0.470. The fraction of sp³-hybridized carbons (Fsp3) is 0.500. The summed E-state index contributed by atoms with van der Waals surface area (Å²) in [6, 6.07) is 10.7. The van der Waals surface area contributed by atoms with Crippen molar-refractivity contribution in [3.8, 4) is 0 Å². The lowest BCUT2D eigenvalue weighted by Crippen LogP contribution is -2.52. The number of morpholine rings is 1. The molecule has 2 heterocycles. The fourth-order valence-corrected chi connectivity index (χ4v) is 4.17. The summed E-state index contributed by atoms with van der Waals surface area (Å²) < 4.78 is 10.8. The van der Waals surface area contributed by atoms with Gasteiger partial charge in [0.2, 0.25) is 5.82 Å². The van der Waals surface area contributed by atoms with Crippen molar-refractivity contribution in [2.24, 2.45) is 0 Å². The second-order valence-electron chi connectivity index (χ2n) is 9.66. The lowest BCUT2D eigenvalue weighted by Gasteiger charge is -2.43. The number of amides is 1. The highest BCUT2D eigenvalue weighted by molar-refractivity contribution is 5.70. The number of carbonyl (C=O) groups is 1. The number of nitrogens with zero attached hydrogens (tertiary/aromatic N) is 3. The number of nitrogens with one attached hydrogen (secondary N) is 2. The second-order valence-corrected chi connectivity index (χ2v) is 9.66. The number of pyridine rings is 1. The van der Waals surface area contributed by atoms with Crippen molar-refractivity contribution < 1.29 is 19.2 Å². The maximum absolute atomic E-state index is 12.4. The van der Waals surface area contributed by atoms with Crippen LogP contribution in [-0.4, -0.2) is 47.9 Å². The number of carbonyl (C=O) groups excluding carboxylic acids is 1. The molecule has 1 saturated heterocycles. The van der Waals surface area contributed by atoms with Crippen LogP contribution in [0, 0.1) is 10.1 Å². The monoisotopic (exact) mass is 469 g/mol. The standard InChI is InChI=1S/C24H31N5O5/c1-23(2,3)34-22(30)27-24(11-4-12-24)17-5-7-18(8-6-17)25-21-19(29(31)32)9-10-20(26-21)28-13-15-33-16-14-28/h5-10H,4,11-16H2,1-3H3,(H,25,26)(H,27,30). The number of aromatic nitrogens is 1. The number of hydrogen-bond acceptors (Lipinski definition) is 8. The first kappa shape index (κ1) is 23.7. The van der Waals surface area contributed by atoms with Crippen LogP contribution in [0.4, 0.5) is 27.8 Å². The Balaban J connectivity index is 1.52. The molecule has 0 atom stereocenters. The molecule has 1 aromatic heterocycles. The maximum atomic E-state index is 12.4. The summed E-state index contributed by atoms with van der Waals surface area (Å²) in [4.78, 5) is 30.1. The molecule has 0 bridgehead atoms. The molecule has 34 heavy (non-hydrogen) atoms. The molecule has 2 N–H and O–H groups in total. The third-order valence-corrected chi connectivity index (χ3v) is 6.04. The van der Waals surface area contributed by atoms with Gasteiger partial charge in [0.15, 0.2) is 0 Å². The van der Waals surface area contributed by atoms with Gasteiger partial charge in [0.1, 0.15) is 11.4 Å². The zero-order chi connectivity index (χ0) is 24.3. The lowest BCUT2D eigenvalue weighted by molar-refractivity contribution is -0.384. The molecule has 1 amide bonds. The van der Waals surface area contributed by atoms with E-state index in [0.717, 1.165) is 24.8 Å². The summed E-state index contributed by atoms with van der Waals surface area (Å²) in [7, 11) is 0. The minimum Gasteiger partial charge on any atom is -0.444 e.